The molecule has 1 heterocycles. The van der Waals surface area contributed by atoms with Gasteiger partial charge in [0.15, 0.2) is 8.32 Å². The molecule has 0 spiro atoms. The van der Waals surface area contributed by atoms with E-state index in [2.05, 4.69) is 50.9 Å². The van der Waals surface area contributed by atoms with E-state index in [1.807, 2.05) is 30.3 Å². The maximum atomic E-state index is 13.2. The molecule has 0 amide bonds. The summed E-state index contributed by atoms with van der Waals surface area (Å²) >= 11 is 6.24. The first-order valence-electron chi connectivity index (χ1n) is 11.9. The van der Waals surface area contributed by atoms with Gasteiger partial charge in [0.1, 0.15) is 0 Å². The summed E-state index contributed by atoms with van der Waals surface area (Å²) in [6.07, 6.45) is 1.14. The van der Waals surface area contributed by atoms with Crippen LogP contribution in [-0.2, 0) is 20.2 Å². The fraction of sp³-hybridized carbons (Fsp3) is 0.538. The van der Waals surface area contributed by atoms with E-state index >= 15 is 0 Å². The lowest BCUT2D eigenvalue weighted by molar-refractivity contribution is 0.156. The maximum absolute atomic E-state index is 13.2. The minimum absolute atomic E-state index is 0.0414. The van der Waals surface area contributed by atoms with Crippen LogP contribution in [0.5, 0.6) is 0 Å². The smallest absolute Gasteiger partial charge is 0.218 e. The number of rotatable bonds is 9. The number of hydrogen-bond acceptors (Lipinski definition) is 4. The summed E-state index contributed by atoms with van der Waals surface area (Å²) in [5, 5.41) is 0.635. The van der Waals surface area contributed by atoms with Crippen LogP contribution in [0.15, 0.2) is 54.6 Å². The van der Waals surface area contributed by atoms with E-state index in [0.29, 0.717) is 17.1 Å². The fourth-order valence-corrected chi connectivity index (χ4v) is 7.01. The standard InChI is InChI=1S/C26H39ClN2O3SSi/c1-26(2,3)34(5,6)32-23-16-17-29(18-23)25(21-12-8-7-9-13-21)19-28(4)33(30,31)20-22-14-10-11-15-24(22)27/h7-15,23,25H,16-20H2,1-6H3/t23-,25-/m0/s1. The van der Waals surface area contributed by atoms with Crippen LogP contribution in [0.1, 0.15) is 44.4 Å². The van der Waals surface area contributed by atoms with Crippen LogP contribution >= 0.6 is 11.6 Å². The molecule has 3 rings (SSSR count). The lowest BCUT2D eigenvalue weighted by atomic mass is 10.1. The van der Waals surface area contributed by atoms with Crippen molar-refractivity contribution in [1.29, 1.82) is 0 Å². The highest BCUT2D eigenvalue weighted by Gasteiger charge is 2.41. The van der Waals surface area contributed by atoms with Crippen molar-refractivity contribution in [2.24, 2.45) is 0 Å². The van der Waals surface area contributed by atoms with Crippen LogP contribution in [0, 0.1) is 0 Å². The highest BCUT2D eigenvalue weighted by Crippen LogP contribution is 2.39. The SMILES string of the molecule is CN(C[C@@H](c1ccccc1)N1CC[C@H](O[Si](C)(C)C(C)(C)C)C1)S(=O)(=O)Cc1ccccc1Cl. The molecule has 0 unspecified atom stereocenters. The number of nitrogens with zero attached hydrogens (tertiary/aromatic N) is 2. The van der Waals surface area contributed by atoms with Crippen molar-refractivity contribution in [2.45, 2.75) is 63.2 Å². The molecule has 5 nitrogen and oxygen atoms in total. The molecule has 2 aromatic rings. The molecule has 2 aromatic carbocycles. The zero-order chi connectivity index (χ0) is 25.1. The first kappa shape index (κ1) is 27.4. The summed E-state index contributed by atoms with van der Waals surface area (Å²) in [7, 11) is -3.73. The van der Waals surface area contributed by atoms with Gasteiger partial charge in [0.05, 0.1) is 11.9 Å². The normalized spacial score (nSPS) is 19.0. The van der Waals surface area contributed by atoms with Crippen molar-refractivity contribution < 1.29 is 12.8 Å². The molecule has 1 aliphatic heterocycles. The largest absolute Gasteiger partial charge is 0.413 e. The molecule has 0 N–H and O–H groups in total. The lowest BCUT2D eigenvalue weighted by Crippen LogP contribution is -2.45. The molecule has 0 aliphatic carbocycles. The van der Waals surface area contributed by atoms with Crippen LogP contribution in [0.25, 0.3) is 0 Å². The Bertz CT molecular complexity index is 1060. The minimum Gasteiger partial charge on any atom is -0.413 e. The van der Waals surface area contributed by atoms with Crippen LogP contribution in [0.3, 0.4) is 0 Å². The monoisotopic (exact) mass is 522 g/mol. The number of benzene rings is 2. The predicted molar refractivity (Wildman–Crippen MR) is 144 cm³/mol. The zero-order valence-electron chi connectivity index (χ0n) is 21.3. The number of likely N-dealkylation sites (N-methyl/N-ethyl adjacent to an activating group) is 1. The Morgan fingerprint density at radius 1 is 1.12 bits per heavy atom. The Morgan fingerprint density at radius 3 is 2.35 bits per heavy atom. The Labute approximate surface area is 212 Å². The highest BCUT2D eigenvalue weighted by atomic mass is 35.5. The quantitative estimate of drug-likeness (QED) is 0.382. The van der Waals surface area contributed by atoms with Gasteiger partial charge >= 0.3 is 0 Å². The van der Waals surface area contributed by atoms with Crippen molar-refractivity contribution in [3.63, 3.8) is 0 Å². The van der Waals surface area contributed by atoms with Crippen LogP contribution in [-0.4, -0.2) is 58.7 Å². The van der Waals surface area contributed by atoms with E-state index in [9.17, 15) is 8.42 Å². The summed E-state index contributed by atoms with van der Waals surface area (Å²) in [4.78, 5) is 2.38. The highest BCUT2D eigenvalue weighted by molar-refractivity contribution is 7.88. The molecule has 0 radical (unpaired) electrons. The van der Waals surface area contributed by atoms with Crippen molar-refractivity contribution in [2.75, 3.05) is 26.7 Å². The zero-order valence-corrected chi connectivity index (χ0v) is 23.9. The van der Waals surface area contributed by atoms with Crippen LogP contribution < -0.4 is 0 Å². The van der Waals surface area contributed by atoms with E-state index in [4.69, 9.17) is 16.0 Å². The Hall–Kier alpha value is -1.22. The molecule has 1 saturated heterocycles. The molecule has 2 atom stereocenters. The van der Waals surface area contributed by atoms with Gasteiger partial charge in [-0.25, -0.2) is 12.7 Å². The third-order valence-electron chi connectivity index (χ3n) is 7.27. The van der Waals surface area contributed by atoms with E-state index in [-0.39, 0.29) is 22.9 Å². The van der Waals surface area contributed by atoms with Gasteiger partial charge in [0.25, 0.3) is 0 Å². The van der Waals surface area contributed by atoms with Gasteiger partial charge in [0, 0.05) is 37.7 Å². The maximum Gasteiger partial charge on any atom is 0.218 e. The predicted octanol–water partition coefficient (Wildman–Crippen LogP) is 5.94. The van der Waals surface area contributed by atoms with Gasteiger partial charge in [-0.1, -0.05) is 80.9 Å². The van der Waals surface area contributed by atoms with Gasteiger partial charge in [0.2, 0.25) is 10.0 Å². The number of halogens is 1. The van der Waals surface area contributed by atoms with Crippen molar-refractivity contribution >= 4 is 29.9 Å². The third-order valence-corrected chi connectivity index (χ3v) is 13.9. The number of likely N-dealkylation sites (tertiary alicyclic amines) is 1. The summed E-state index contributed by atoms with van der Waals surface area (Å²) in [5.41, 5.74) is 1.74. The number of sulfonamides is 1. The first-order valence-corrected chi connectivity index (χ1v) is 16.8. The molecular formula is C26H39ClN2O3SSi. The summed E-state index contributed by atoms with van der Waals surface area (Å²) in [5.74, 6) is -0.109. The Balaban J connectivity index is 1.77. The van der Waals surface area contributed by atoms with Gasteiger partial charge in [-0.3, -0.25) is 4.90 Å². The van der Waals surface area contributed by atoms with Crippen molar-refractivity contribution in [3.05, 3.63) is 70.7 Å². The second-order valence-corrected chi connectivity index (χ2v) is 18.1. The Kier molecular flexibility index (Phi) is 8.70. The van der Waals surface area contributed by atoms with Gasteiger partial charge in [-0.2, -0.15) is 0 Å². The number of hydrogen-bond donors (Lipinski definition) is 0. The van der Waals surface area contributed by atoms with E-state index in [1.54, 1.807) is 19.2 Å². The molecule has 34 heavy (non-hydrogen) atoms. The summed E-state index contributed by atoms with van der Waals surface area (Å²) in [6, 6.07) is 17.3. The minimum atomic E-state index is -3.53. The Morgan fingerprint density at radius 2 is 1.74 bits per heavy atom. The molecule has 188 valence electrons. The van der Waals surface area contributed by atoms with Crippen molar-refractivity contribution in [3.8, 4) is 0 Å². The van der Waals surface area contributed by atoms with Gasteiger partial charge in [-0.15, -0.1) is 0 Å². The molecule has 8 heteroatoms. The average molecular weight is 523 g/mol. The van der Waals surface area contributed by atoms with Gasteiger partial charge in [-0.05, 0) is 41.7 Å². The topological polar surface area (TPSA) is 49.9 Å². The third kappa shape index (κ3) is 6.71. The van der Waals surface area contributed by atoms with E-state index in [0.717, 1.165) is 25.1 Å². The van der Waals surface area contributed by atoms with Crippen LogP contribution in [0.4, 0.5) is 0 Å². The first-order chi connectivity index (χ1) is 15.8. The molecule has 1 fully saturated rings. The molecule has 0 aromatic heterocycles. The van der Waals surface area contributed by atoms with Crippen molar-refractivity contribution in [1.82, 2.24) is 9.21 Å². The molecule has 1 aliphatic rings. The lowest BCUT2D eigenvalue weighted by Gasteiger charge is -2.38. The van der Waals surface area contributed by atoms with Gasteiger partial charge < -0.3 is 4.43 Å². The summed E-state index contributed by atoms with van der Waals surface area (Å²) < 4.78 is 34.6. The fourth-order valence-electron chi connectivity index (χ4n) is 4.11. The molecule has 0 bridgehead atoms. The van der Waals surface area contributed by atoms with E-state index in [1.165, 1.54) is 4.31 Å². The van der Waals surface area contributed by atoms with E-state index < -0.39 is 18.3 Å². The second-order valence-electron chi connectivity index (χ2n) is 10.8. The second kappa shape index (κ2) is 10.8. The molecule has 0 saturated carbocycles. The van der Waals surface area contributed by atoms with Crippen LogP contribution in [0.2, 0.25) is 23.2 Å². The average Bonchev–Trinajstić information content (AvgIpc) is 3.20. The molecular weight excluding hydrogens is 484 g/mol. The summed E-state index contributed by atoms with van der Waals surface area (Å²) in [6.45, 7) is 13.4.